The zero-order chi connectivity index (χ0) is 12.2. The lowest BCUT2D eigenvalue weighted by atomic mass is 9.71. The summed E-state index contributed by atoms with van der Waals surface area (Å²) in [5, 5.41) is 0. The summed E-state index contributed by atoms with van der Waals surface area (Å²) in [6.07, 6.45) is 1.19. The molecule has 4 atom stereocenters. The normalized spacial score (nSPS) is 44.4. The van der Waals surface area contributed by atoms with Gasteiger partial charge >= 0.3 is 0 Å². The highest BCUT2D eigenvalue weighted by atomic mass is 16.5. The molecule has 2 aliphatic heterocycles. The summed E-state index contributed by atoms with van der Waals surface area (Å²) in [6.45, 7) is 0.682. The maximum Gasteiger partial charge on any atom is 0.226 e. The topological polar surface area (TPSA) is 55.8 Å². The van der Waals surface area contributed by atoms with Gasteiger partial charge in [0.05, 0.1) is 18.6 Å². The quantitative estimate of drug-likeness (QED) is 0.679. The molecule has 1 saturated carbocycles. The highest BCUT2D eigenvalue weighted by Crippen LogP contribution is 2.49. The van der Waals surface area contributed by atoms with Crippen LogP contribution in [0.4, 0.5) is 0 Å². The fourth-order valence-electron chi connectivity index (χ4n) is 3.87. The van der Waals surface area contributed by atoms with Crippen LogP contribution in [0.1, 0.15) is 19.3 Å². The molecule has 4 unspecified atom stereocenters. The lowest BCUT2D eigenvalue weighted by Crippen LogP contribution is -2.60. The predicted molar refractivity (Wildman–Crippen MR) is 58.4 cm³/mol. The van der Waals surface area contributed by atoms with E-state index in [2.05, 4.69) is 0 Å². The maximum atomic E-state index is 12.1. The third-order valence-corrected chi connectivity index (χ3v) is 4.66. The van der Waals surface area contributed by atoms with Crippen molar-refractivity contribution in [3.05, 3.63) is 0 Å². The number of methoxy groups -OCH3 is 2. The molecule has 0 aromatic carbocycles. The average molecular weight is 239 g/mol. The van der Waals surface area contributed by atoms with Crippen molar-refractivity contribution in [2.75, 3.05) is 20.8 Å². The van der Waals surface area contributed by atoms with E-state index in [-0.39, 0.29) is 29.8 Å². The third-order valence-electron chi connectivity index (χ3n) is 4.66. The molecular weight excluding hydrogens is 222 g/mol. The van der Waals surface area contributed by atoms with E-state index in [1.807, 2.05) is 4.90 Å². The second-order valence-electron chi connectivity index (χ2n) is 5.16. The summed E-state index contributed by atoms with van der Waals surface area (Å²) in [4.78, 5) is 25.9. The summed E-state index contributed by atoms with van der Waals surface area (Å²) in [5.74, 6) is 0.260. The SMILES string of the molecule is COC1CC(=O)C2CCN3C(=O)CC1(OC)C23. The minimum atomic E-state index is -0.610. The number of amides is 1. The number of carbonyl (C=O) groups is 2. The van der Waals surface area contributed by atoms with Crippen LogP contribution in [0, 0.1) is 5.92 Å². The molecule has 0 N–H and O–H groups in total. The summed E-state index contributed by atoms with van der Waals surface area (Å²) < 4.78 is 11.1. The van der Waals surface area contributed by atoms with E-state index in [1.165, 1.54) is 0 Å². The van der Waals surface area contributed by atoms with Gasteiger partial charge < -0.3 is 14.4 Å². The first-order valence-corrected chi connectivity index (χ1v) is 6.04. The van der Waals surface area contributed by atoms with Gasteiger partial charge in [-0.15, -0.1) is 0 Å². The Balaban J connectivity index is 2.07. The number of hydrogen-bond acceptors (Lipinski definition) is 4. The Morgan fingerprint density at radius 2 is 2.12 bits per heavy atom. The molecular formula is C12H17NO4. The summed E-state index contributed by atoms with van der Waals surface area (Å²) in [5.41, 5.74) is -0.610. The third kappa shape index (κ3) is 1.21. The largest absolute Gasteiger partial charge is 0.378 e. The molecule has 5 nitrogen and oxygen atoms in total. The van der Waals surface area contributed by atoms with E-state index in [1.54, 1.807) is 14.2 Å². The number of hydrogen-bond donors (Lipinski definition) is 0. The Morgan fingerprint density at radius 3 is 2.76 bits per heavy atom. The van der Waals surface area contributed by atoms with Crippen molar-refractivity contribution in [1.82, 2.24) is 4.90 Å². The van der Waals surface area contributed by atoms with Crippen molar-refractivity contribution < 1.29 is 19.1 Å². The van der Waals surface area contributed by atoms with Gasteiger partial charge in [-0.1, -0.05) is 0 Å². The summed E-state index contributed by atoms with van der Waals surface area (Å²) >= 11 is 0. The molecule has 94 valence electrons. The number of carbonyl (C=O) groups excluding carboxylic acids is 2. The first kappa shape index (κ1) is 11.2. The highest BCUT2D eigenvalue weighted by molar-refractivity contribution is 5.90. The van der Waals surface area contributed by atoms with E-state index in [0.29, 0.717) is 19.4 Å². The second-order valence-corrected chi connectivity index (χ2v) is 5.16. The fraction of sp³-hybridized carbons (Fsp3) is 0.833. The molecule has 5 heteroatoms. The van der Waals surface area contributed by atoms with Gasteiger partial charge in [-0.25, -0.2) is 0 Å². The standard InChI is InChI=1S/C12H17NO4/c1-16-9-5-8(14)7-3-4-13-10(15)6-12(9,17-2)11(7)13/h7,9,11H,3-6H2,1-2H3. The average Bonchev–Trinajstić information content (AvgIpc) is 2.87. The Labute approximate surface area is 100 Å². The van der Waals surface area contributed by atoms with Gasteiger partial charge in [0.1, 0.15) is 11.4 Å². The van der Waals surface area contributed by atoms with Crippen LogP contribution in [-0.2, 0) is 19.1 Å². The zero-order valence-electron chi connectivity index (χ0n) is 10.1. The molecule has 1 amide bonds. The van der Waals surface area contributed by atoms with Gasteiger partial charge in [-0.05, 0) is 6.42 Å². The molecule has 0 bridgehead atoms. The maximum absolute atomic E-state index is 12.1. The van der Waals surface area contributed by atoms with Crippen LogP contribution in [0.5, 0.6) is 0 Å². The van der Waals surface area contributed by atoms with Crippen LogP contribution in [0.15, 0.2) is 0 Å². The monoisotopic (exact) mass is 239 g/mol. The summed E-state index contributed by atoms with van der Waals surface area (Å²) in [6, 6.07) is -0.105. The van der Waals surface area contributed by atoms with Gasteiger partial charge in [-0.3, -0.25) is 9.59 Å². The van der Waals surface area contributed by atoms with E-state index in [9.17, 15) is 9.59 Å². The van der Waals surface area contributed by atoms with Crippen LogP contribution >= 0.6 is 0 Å². The Kier molecular flexibility index (Phi) is 2.32. The zero-order valence-corrected chi connectivity index (χ0v) is 10.1. The molecule has 3 fully saturated rings. The predicted octanol–water partition coefficient (Wildman–Crippen LogP) is -0.0198. The van der Waals surface area contributed by atoms with Crippen molar-refractivity contribution in [3.8, 4) is 0 Å². The van der Waals surface area contributed by atoms with Crippen molar-refractivity contribution in [1.29, 1.82) is 0 Å². The second kappa shape index (κ2) is 3.53. The number of rotatable bonds is 2. The van der Waals surface area contributed by atoms with E-state index < -0.39 is 5.60 Å². The van der Waals surface area contributed by atoms with E-state index in [0.717, 1.165) is 6.42 Å². The number of nitrogens with zero attached hydrogens (tertiary/aromatic N) is 1. The minimum absolute atomic E-state index is 0.0483. The first-order chi connectivity index (χ1) is 8.14. The van der Waals surface area contributed by atoms with Crippen molar-refractivity contribution in [3.63, 3.8) is 0 Å². The molecule has 2 saturated heterocycles. The van der Waals surface area contributed by atoms with Gasteiger partial charge in [0, 0.05) is 33.1 Å². The Hall–Kier alpha value is -0.940. The summed E-state index contributed by atoms with van der Waals surface area (Å²) in [7, 11) is 3.20. The molecule has 0 radical (unpaired) electrons. The van der Waals surface area contributed by atoms with Gasteiger partial charge in [0.2, 0.25) is 5.91 Å². The molecule has 3 rings (SSSR count). The van der Waals surface area contributed by atoms with Gasteiger partial charge in [0.25, 0.3) is 0 Å². The molecule has 0 spiro atoms. The minimum Gasteiger partial charge on any atom is -0.378 e. The lowest BCUT2D eigenvalue weighted by Gasteiger charge is -2.44. The number of ether oxygens (including phenoxy) is 2. The lowest BCUT2D eigenvalue weighted by molar-refractivity contribution is -0.168. The van der Waals surface area contributed by atoms with Crippen molar-refractivity contribution in [2.24, 2.45) is 5.92 Å². The first-order valence-electron chi connectivity index (χ1n) is 6.04. The van der Waals surface area contributed by atoms with Crippen molar-refractivity contribution >= 4 is 11.7 Å². The van der Waals surface area contributed by atoms with Gasteiger partial charge in [-0.2, -0.15) is 0 Å². The van der Waals surface area contributed by atoms with Crippen LogP contribution in [0.2, 0.25) is 0 Å². The molecule has 2 heterocycles. The van der Waals surface area contributed by atoms with Crippen LogP contribution < -0.4 is 0 Å². The van der Waals surface area contributed by atoms with Crippen LogP contribution in [-0.4, -0.2) is 55.1 Å². The molecule has 3 aliphatic rings. The number of ketones is 1. The van der Waals surface area contributed by atoms with Gasteiger partial charge in [0.15, 0.2) is 0 Å². The fourth-order valence-corrected chi connectivity index (χ4v) is 3.87. The molecule has 0 aromatic rings. The molecule has 0 aromatic heterocycles. The Morgan fingerprint density at radius 1 is 1.35 bits per heavy atom. The smallest absolute Gasteiger partial charge is 0.226 e. The van der Waals surface area contributed by atoms with Crippen LogP contribution in [0.3, 0.4) is 0 Å². The van der Waals surface area contributed by atoms with E-state index >= 15 is 0 Å². The van der Waals surface area contributed by atoms with Crippen LogP contribution in [0.25, 0.3) is 0 Å². The highest BCUT2D eigenvalue weighted by Gasteiger charge is 2.65. The molecule has 1 aliphatic carbocycles. The number of Topliss-reactive ketones (excluding diaryl/α,β-unsaturated/α-hetero) is 1. The van der Waals surface area contributed by atoms with E-state index in [4.69, 9.17) is 9.47 Å². The molecule has 17 heavy (non-hydrogen) atoms. The Bertz CT molecular complexity index is 381. The van der Waals surface area contributed by atoms with Crippen molar-refractivity contribution in [2.45, 2.75) is 37.0 Å².